The highest BCUT2D eigenvalue weighted by molar-refractivity contribution is 6.11. The van der Waals surface area contributed by atoms with Crippen molar-refractivity contribution in [2.45, 2.75) is 6.54 Å². The highest BCUT2D eigenvalue weighted by atomic mass is 16.5. The Morgan fingerprint density at radius 2 is 1.94 bits per heavy atom. The smallest absolute Gasteiger partial charge is 0.332 e. The zero-order valence-electron chi connectivity index (χ0n) is 9.70. The van der Waals surface area contributed by atoms with E-state index in [-0.39, 0.29) is 11.9 Å². The summed E-state index contributed by atoms with van der Waals surface area (Å²) in [5.74, 6) is -0.288. The van der Waals surface area contributed by atoms with Gasteiger partial charge in [-0.05, 0) is 5.56 Å². The van der Waals surface area contributed by atoms with Gasteiger partial charge in [-0.25, -0.2) is 4.79 Å². The predicted molar refractivity (Wildman–Crippen MR) is 63.1 cm³/mol. The zero-order valence-corrected chi connectivity index (χ0v) is 9.70. The summed E-state index contributed by atoms with van der Waals surface area (Å²) in [5, 5.41) is 0. The number of imide groups is 1. The molecule has 5 heteroatoms. The molecule has 0 N–H and O–H groups in total. The van der Waals surface area contributed by atoms with Crippen molar-refractivity contribution in [1.82, 2.24) is 9.80 Å². The fraction of sp³-hybridized carbons (Fsp3) is 0.231. The van der Waals surface area contributed by atoms with Crippen molar-refractivity contribution in [3.05, 3.63) is 47.9 Å². The highest BCUT2D eigenvalue weighted by Crippen LogP contribution is 2.24. The Bertz CT molecular complexity index is 524. The molecule has 1 saturated heterocycles. The average molecular weight is 244 g/mol. The van der Waals surface area contributed by atoms with Crippen LogP contribution in [0.4, 0.5) is 4.79 Å². The molecular formula is C13H12N2O3. The molecule has 0 aromatic heterocycles. The van der Waals surface area contributed by atoms with E-state index in [2.05, 4.69) is 0 Å². The Kier molecular flexibility index (Phi) is 2.51. The fourth-order valence-electron chi connectivity index (χ4n) is 2.11. The maximum atomic E-state index is 12.1. The molecule has 0 saturated carbocycles. The van der Waals surface area contributed by atoms with Crippen LogP contribution in [0.15, 0.2) is 42.3 Å². The van der Waals surface area contributed by atoms with Crippen LogP contribution in [-0.4, -0.2) is 34.9 Å². The van der Waals surface area contributed by atoms with Gasteiger partial charge in [0.2, 0.25) is 0 Å². The minimum atomic E-state index is -0.288. The van der Waals surface area contributed by atoms with E-state index in [0.717, 1.165) is 5.56 Å². The lowest BCUT2D eigenvalue weighted by molar-refractivity contribution is -0.123. The van der Waals surface area contributed by atoms with Crippen LogP contribution in [0.3, 0.4) is 0 Å². The lowest BCUT2D eigenvalue weighted by Crippen LogP contribution is -2.34. The van der Waals surface area contributed by atoms with E-state index in [1.807, 2.05) is 30.3 Å². The molecule has 92 valence electrons. The molecule has 2 heterocycles. The second kappa shape index (κ2) is 4.18. The van der Waals surface area contributed by atoms with Gasteiger partial charge in [0, 0.05) is 0 Å². The molecule has 1 aromatic rings. The molecule has 0 bridgehead atoms. The molecular weight excluding hydrogens is 232 g/mol. The highest BCUT2D eigenvalue weighted by Gasteiger charge is 2.42. The lowest BCUT2D eigenvalue weighted by Gasteiger charge is -2.19. The Morgan fingerprint density at radius 3 is 2.67 bits per heavy atom. The van der Waals surface area contributed by atoms with Crippen LogP contribution < -0.4 is 0 Å². The van der Waals surface area contributed by atoms with Gasteiger partial charge >= 0.3 is 6.03 Å². The van der Waals surface area contributed by atoms with Crippen molar-refractivity contribution >= 4 is 11.9 Å². The number of fused-ring (bicyclic) bond motifs is 1. The van der Waals surface area contributed by atoms with Gasteiger partial charge in [0.15, 0.2) is 0 Å². The van der Waals surface area contributed by atoms with Crippen LogP contribution >= 0.6 is 0 Å². The zero-order chi connectivity index (χ0) is 12.5. The number of benzene rings is 1. The molecule has 2 aliphatic heterocycles. The SMILES string of the molecule is O=C1C2=COCCN2C(=O)N1Cc1ccccc1. The van der Waals surface area contributed by atoms with Gasteiger partial charge in [-0.15, -0.1) is 0 Å². The van der Waals surface area contributed by atoms with Crippen LogP contribution in [0.2, 0.25) is 0 Å². The summed E-state index contributed by atoms with van der Waals surface area (Å²) in [4.78, 5) is 26.9. The van der Waals surface area contributed by atoms with E-state index in [0.29, 0.717) is 25.4 Å². The fourth-order valence-corrected chi connectivity index (χ4v) is 2.11. The van der Waals surface area contributed by atoms with Gasteiger partial charge in [-0.1, -0.05) is 30.3 Å². The second-order valence-corrected chi connectivity index (χ2v) is 4.18. The van der Waals surface area contributed by atoms with Crippen molar-refractivity contribution in [1.29, 1.82) is 0 Å². The molecule has 0 aliphatic carbocycles. The van der Waals surface area contributed by atoms with Crippen LogP contribution in [0, 0.1) is 0 Å². The van der Waals surface area contributed by atoms with Crippen LogP contribution in [0.25, 0.3) is 0 Å². The minimum Gasteiger partial charge on any atom is -0.497 e. The average Bonchev–Trinajstić information content (AvgIpc) is 2.66. The normalized spacial score (nSPS) is 18.6. The van der Waals surface area contributed by atoms with Crippen LogP contribution in [0.1, 0.15) is 5.56 Å². The van der Waals surface area contributed by atoms with Gasteiger partial charge in [-0.3, -0.25) is 14.6 Å². The van der Waals surface area contributed by atoms with E-state index >= 15 is 0 Å². The van der Waals surface area contributed by atoms with E-state index in [1.165, 1.54) is 16.1 Å². The first-order valence-electron chi connectivity index (χ1n) is 5.76. The van der Waals surface area contributed by atoms with Crippen molar-refractivity contribution in [3.63, 3.8) is 0 Å². The summed E-state index contributed by atoms with van der Waals surface area (Å²) >= 11 is 0. The van der Waals surface area contributed by atoms with E-state index in [9.17, 15) is 9.59 Å². The number of hydrogen-bond acceptors (Lipinski definition) is 3. The van der Waals surface area contributed by atoms with E-state index in [1.54, 1.807) is 0 Å². The maximum Gasteiger partial charge on any atom is 0.332 e. The summed E-state index contributed by atoms with van der Waals surface area (Å²) in [6, 6.07) is 9.19. The number of carbonyl (C=O) groups is 2. The number of amides is 3. The van der Waals surface area contributed by atoms with Crippen LogP contribution in [0.5, 0.6) is 0 Å². The molecule has 0 unspecified atom stereocenters. The second-order valence-electron chi connectivity index (χ2n) is 4.18. The van der Waals surface area contributed by atoms with Gasteiger partial charge in [0.25, 0.3) is 5.91 Å². The first kappa shape index (κ1) is 10.8. The molecule has 0 atom stereocenters. The Hall–Kier alpha value is -2.30. The molecule has 1 aromatic carbocycles. The monoisotopic (exact) mass is 244 g/mol. The minimum absolute atomic E-state index is 0.265. The number of rotatable bonds is 2. The summed E-state index contributed by atoms with van der Waals surface area (Å²) in [5.41, 5.74) is 1.27. The maximum absolute atomic E-state index is 12.1. The topological polar surface area (TPSA) is 49.9 Å². The number of ether oxygens (including phenoxy) is 1. The molecule has 2 aliphatic rings. The number of urea groups is 1. The quantitative estimate of drug-likeness (QED) is 0.737. The van der Waals surface area contributed by atoms with Crippen LogP contribution in [-0.2, 0) is 16.1 Å². The Balaban J connectivity index is 1.86. The standard InChI is InChI=1S/C13H12N2O3/c16-12-11-9-18-7-6-14(11)13(17)15(12)8-10-4-2-1-3-5-10/h1-5,9H,6-8H2. The van der Waals surface area contributed by atoms with Gasteiger partial charge in [0.05, 0.1) is 13.1 Å². The van der Waals surface area contributed by atoms with Gasteiger partial charge < -0.3 is 4.74 Å². The van der Waals surface area contributed by atoms with Crippen molar-refractivity contribution in [3.8, 4) is 0 Å². The third kappa shape index (κ3) is 1.64. The molecule has 5 nitrogen and oxygen atoms in total. The number of nitrogens with zero attached hydrogens (tertiary/aromatic N) is 2. The molecule has 1 fully saturated rings. The number of hydrogen-bond donors (Lipinski definition) is 0. The first-order valence-corrected chi connectivity index (χ1v) is 5.76. The summed E-state index contributed by atoms with van der Waals surface area (Å²) in [6.45, 7) is 1.16. The lowest BCUT2D eigenvalue weighted by atomic mass is 10.2. The third-order valence-corrected chi connectivity index (χ3v) is 3.03. The summed E-state index contributed by atoms with van der Waals surface area (Å²) in [7, 11) is 0. The molecule has 0 spiro atoms. The van der Waals surface area contributed by atoms with E-state index in [4.69, 9.17) is 4.74 Å². The largest absolute Gasteiger partial charge is 0.497 e. The Labute approximate surface area is 104 Å². The summed E-state index contributed by atoms with van der Waals surface area (Å²) in [6.07, 6.45) is 1.37. The van der Waals surface area contributed by atoms with Crippen molar-refractivity contribution in [2.75, 3.05) is 13.2 Å². The third-order valence-electron chi connectivity index (χ3n) is 3.03. The van der Waals surface area contributed by atoms with Crippen molar-refractivity contribution in [2.24, 2.45) is 0 Å². The Morgan fingerprint density at radius 1 is 1.17 bits per heavy atom. The first-order chi connectivity index (χ1) is 8.77. The molecule has 0 radical (unpaired) electrons. The van der Waals surface area contributed by atoms with E-state index < -0.39 is 0 Å². The molecule has 3 rings (SSSR count). The van der Waals surface area contributed by atoms with Gasteiger partial charge in [0.1, 0.15) is 18.6 Å². The number of carbonyl (C=O) groups excluding carboxylic acids is 2. The van der Waals surface area contributed by atoms with Gasteiger partial charge in [-0.2, -0.15) is 0 Å². The summed E-state index contributed by atoms with van der Waals surface area (Å²) < 4.78 is 5.10. The predicted octanol–water partition coefficient (Wildman–Crippen LogP) is 1.32. The molecule has 3 amide bonds. The van der Waals surface area contributed by atoms with Crippen molar-refractivity contribution < 1.29 is 14.3 Å². The molecule has 18 heavy (non-hydrogen) atoms.